The number of ether oxygens (including phenoxy) is 1. The highest BCUT2D eigenvalue weighted by Crippen LogP contribution is 2.27. The van der Waals surface area contributed by atoms with E-state index in [1.54, 1.807) is 36.4 Å². The molecule has 0 aliphatic rings. The second-order valence-corrected chi connectivity index (χ2v) is 10.7. The second kappa shape index (κ2) is 11.9. The van der Waals surface area contributed by atoms with Gasteiger partial charge in [0, 0.05) is 6.54 Å². The number of nitrogens with one attached hydrogen (secondary N) is 1. The van der Waals surface area contributed by atoms with E-state index in [1.165, 1.54) is 4.31 Å². The molecule has 0 heterocycles. The SMILES string of the molecule is Cc1ccc(C)c(N(CC(=O)NCCCc2ccc(OC(C)C)cc2)S(=O)(=O)c2ccccc2)c1. The van der Waals surface area contributed by atoms with Crippen LogP contribution in [-0.4, -0.2) is 33.5 Å². The van der Waals surface area contributed by atoms with Crippen molar-refractivity contribution in [1.82, 2.24) is 5.32 Å². The smallest absolute Gasteiger partial charge is 0.264 e. The van der Waals surface area contributed by atoms with Gasteiger partial charge in [0.25, 0.3) is 10.0 Å². The molecule has 35 heavy (non-hydrogen) atoms. The van der Waals surface area contributed by atoms with E-state index in [0.29, 0.717) is 12.2 Å². The first-order valence-electron chi connectivity index (χ1n) is 11.8. The third-order valence-corrected chi connectivity index (χ3v) is 7.29. The summed E-state index contributed by atoms with van der Waals surface area (Å²) in [4.78, 5) is 13.0. The zero-order valence-electron chi connectivity index (χ0n) is 20.8. The van der Waals surface area contributed by atoms with E-state index in [9.17, 15) is 13.2 Å². The fourth-order valence-corrected chi connectivity index (χ4v) is 5.22. The first-order chi connectivity index (χ1) is 16.7. The molecular weight excluding hydrogens is 460 g/mol. The Labute approximate surface area is 209 Å². The highest BCUT2D eigenvalue weighted by atomic mass is 32.2. The van der Waals surface area contributed by atoms with E-state index in [4.69, 9.17) is 4.74 Å². The zero-order valence-corrected chi connectivity index (χ0v) is 21.6. The lowest BCUT2D eigenvalue weighted by Crippen LogP contribution is -2.41. The highest BCUT2D eigenvalue weighted by Gasteiger charge is 2.28. The van der Waals surface area contributed by atoms with Crippen molar-refractivity contribution in [2.75, 3.05) is 17.4 Å². The number of hydrogen-bond acceptors (Lipinski definition) is 4. The van der Waals surface area contributed by atoms with Gasteiger partial charge in [0.2, 0.25) is 5.91 Å². The molecule has 0 unspecified atom stereocenters. The van der Waals surface area contributed by atoms with Gasteiger partial charge in [-0.25, -0.2) is 8.42 Å². The topological polar surface area (TPSA) is 75.7 Å². The van der Waals surface area contributed by atoms with Crippen molar-refractivity contribution in [3.05, 3.63) is 89.5 Å². The summed E-state index contributed by atoms with van der Waals surface area (Å²) in [7, 11) is -3.91. The molecule has 0 fully saturated rings. The van der Waals surface area contributed by atoms with Crippen LogP contribution in [0.2, 0.25) is 0 Å². The van der Waals surface area contributed by atoms with Crippen LogP contribution in [0.15, 0.2) is 77.7 Å². The largest absolute Gasteiger partial charge is 0.491 e. The molecule has 186 valence electrons. The molecule has 6 nitrogen and oxygen atoms in total. The van der Waals surface area contributed by atoms with Crippen LogP contribution in [0.5, 0.6) is 5.75 Å². The molecular formula is C28H34N2O4S. The van der Waals surface area contributed by atoms with Crippen molar-refractivity contribution in [3.8, 4) is 5.75 Å². The summed E-state index contributed by atoms with van der Waals surface area (Å²) in [5.74, 6) is 0.495. The number of hydrogen-bond donors (Lipinski definition) is 1. The number of amides is 1. The van der Waals surface area contributed by atoms with Gasteiger partial charge in [-0.2, -0.15) is 0 Å². The predicted molar refractivity (Wildman–Crippen MR) is 140 cm³/mol. The Bertz CT molecular complexity index is 1220. The maximum atomic E-state index is 13.5. The number of benzene rings is 3. The van der Waals surface area contributed by atoms with Crippen molar-refractivity contribution < 1.29 is 17.9 Å². The molecule has 0 atom stereocenters. The van der Waals surface area contributed by atoms with Crippen molar-refractivity contribution in [1.29, 1.82) is 0 Å². The number of aryl methyl sites for hydroxylation is 3. The van der Waals surface area contributed by atoms with Gasteiger partial charge in [0.1, 0.15) is 12.3 Å². The van der Waals surface area contributed by atoms with E-state index in [1.807, 2.05) is 64.1 Å². The molecule has 7 heteroatoms. The van der Waals surface area contributed by atoms with Gasteiger partial charge in [-0.05, 0) is 87.6 Å². The maximum Gasteiger partial charge on any atom is 0.264 e. The molecule has 0 aliphatic heterocycles. The molecule has 3 aromatic carbocycles. The molecule has 3 aromatic rings. The molecule has 0 spiro atoms. The molecule has 0 saturated heterocycles. The minimum absolute atomic E-state index is 0.130. The average Bonchev–Trinajstić information content (AvgIpc) is 2.83. The molecule has 0 aliphatic carbocycles. The van der Waals surface area contributed by atoms with Crippen LogP contribution in [0.3, 0.4) is 0 Å². The molecule has 1 N–H and O–H groups in total. The Morgan fingerprint density at radius 2 is 1.66 bits per heavy atom. The van der Waals surface area contributed by atoms with Crippen molar-refractivity contribution in [2.45, 2.75) is 51.5 Å². The molecule has 0 radical (unpaired) electrons. The summed E-state index contributed by atoms with van der Waals surface area (Å²) in [6, 6.07) is 21.7. The third kappa shape index (κ3) is 7.33. The van der Waals surface area contributed by atoms with Crippen LogP contribution in [0, 0.1) is 13.8 Å². The molecule has 0 aromatic heterocycles. The Balaban J connectivity index is 1.65. The van der Waals surface area contributed by atoms with E-state index in [2.05, 4.69) is 5.32 Å². The lowest BCUT2D eigenvalue weighted by molar-refractivity contribution is -0.119. The zero-order chi connectivity index (χ0) is 25.4. The number of anilines is 1. The number of carbonyl (C=O) groups excluding carboxylic acids is 1. The van der Waals surface area contributed by atoms with Gasteiger partial charge in [0.05, 0.1) is 16.7 Å². The van der Waals surface area contributed by atoms with Gasteiger partial charge in [0.15, 0.2) is 0 Å². The van der Waals surface area contributed by atoms with Crippen LogP contribution >= 0.6 is 0 Å². The van der Waals surface area contributed by atoms with E-state index in [-0.39, 0.29) is 23.5 Å². The van der Waals surface area contributed by atoms with Gasteiger partial charge in [-0.15, -0.1) is 0 Å². The third-order valence-electron chi connectivity index (χ3n) is 5.51. The maximum absolute atomic E-state index is 13.5. The van der Waals surface area contributed by atoms with E-state index >= 15 is 0 Å². The Morgan fingerprint density at radius 1 is 0.971 bits per heavy atom. The fraction of sp³-hybridized carbons (Fsp3) is 0.321. The van der Waals surface area contributed by atoms with Crippen molar-refractivity contribution in [2.24, 2.45) is 0 Å². The lowest BCUT2D eigenvalue weighted by Gasteiger charge is -2.26. The summed E-state index contributed by atoms with van der Waals surface area (Å²) in [6.45, 7) is 7.89. The Kier molecular flexibility index (Phi) is 8.93. The van der Waals surface area contributed by atoms with Gasteiger partial charge < -0.3 is 10.1 Å². The number of nitrogens with zero attached hydrogens (tertiary/aromatic N) is 1. The van der Waals surface area contributed by atoms with Gasteiger partial charge in [-0.1, -0.05) is 42.5 Å². The van der Waals surface area contributed by atoms with E-state index < -0.39 is 10.0 Å². The second-order valence-electron chi connectivity index (χ2n) is 8.88. The molecule has 1 amide bonds. The number of carbonyl (C=O) groups is 1. The monoisotopic (exact) mass is 494 g/mol. The predicted octanol–water partition coefficient (Wildman–Crippen LogP) is 5.03. The quantitative estimate of drug-likeness (QED) is 0.379. The minimum Gasteiger partial charge on any atom is -0.491 e. The lowest BCUT2D eigenvalue weighted by atomic mass is 10.1. The normalized spacial score (nSPS) is 11.3. The standard InChI is InChI=1S/C28H34N2O4S/c1-21(2)34-25-16-14-24(15-17-25)9-8-18-29-28(31)20-30(27-19-22(3)12-13-23(27)4)35(32,33)26-10-6-5-7-11-26/h5-7,10-17,19,21H,8-9,18,20H2,1-4H3,(H,29,31). The Morgan fingerprint density at radius 3 is 2.31 bits per heavy atom. The summed E-state index contributed by atoms with van der Waals surface area (Å²) >= 11 is 0. The van der Waals surface area contributed by atoms with Crippen molar-refractivity contribution in [3.63, 3.8) is 0 Å². The van der Waals surface area contributed by atoms with Gasteiger partial charge >= 0.3 is 0 Å². The van der Waals surface area contributed by atoms with Crippen LogP contribution in [0.1, 0.15) is 37.0 Å². The Hall–Kier alpha value is -3.32. The summed E-state index contributed by atoms with van der Waals surface area (Å²) in [5, 5.41) is 2.88. The van der Waals surface area contributed by atoms with Crippen molar-refractivity contribution >= 4 is 21.6 Å². The number of rotatable bonds is 11. The minimum atomic E-state index is -3.91. The van der Waals surface area contributed by atoms with Crippen LogP contribution in [0.4, 0.5) is 5.69 Å². The molecule has 3 rings (SSSR count). The van der Waals surface area contributed by atoms with E-state index in [0.717, 1.165) is 35.3 Å². The highest BCUT2D eigenvalue weighted by molar-refractivity contribution is 7.92. The number of sulfonamides is 1. The average molecular weight is 495 g/mol. The first-order valence-corrected chi connectivity index (χ1v) is 13.3. The van der Waals surface area contributed by atoms with Crippen LogP contribution in [-0.2, 0) is 21.2 Å². The summed E-state index contributed by atoms with van der Waals surface area (Å²) < 4.78 is 33.8. The van der Waals surface area contributed by atoms with Crippen LogP contribution in [0.25, 0.3) is 0 Å². The summed E-state index contributed by atoms with van der Waals surface area (Å²) in [5.41, 5.74) is 3.36. The summed E-state index contributed by atoms with van der Waals surface area (Å²) in [6.07, 6.45) is 1.67. The molecule has 0 saturated carbocycles. The first kappa shape index (κ1) is 26.3. The fourth-order valence-electron chi connectivity index (χ4n) is 3.72. The molecule has 0 bridgehead atoms. The van der Waals surface area contributed by atoms with Gasteiger partial charge in [-0.3, -0.25) is 9.10 Å². The van der Waals surface area contributed by atoms with Crippen LogP contribution < -0.4 is 14.4 Å².